The average Bonchev–Trinajstić information content (AvgIpc) is 3.15. The molecule has 6 heteroatoms. The maximum Gasteiger partial charge on any atom is 0.307 e. The summed E-state index contributed by atoms with van der Waals surface area (Å²) in [4.78, 5) is 38.5. The van der Waals surface area contributed by atoms with Crippen LogP contribution in [-0.4, -0.2) is 48.0 Å². The second kappa shape index (κ2) is 6.08. The van der Waals surface area contributed by atoms with Crippen LogP contribution in [0.4, 0.5) is 0 Å². The predicted octanol–water partition coefficient (Wildman–Crippen LogP) is 1.91. The Hall–Kier alpha value is -1.43. The van der Waals surface area contributed by atoms with Crippen LogP contribution >= 0.6 is 0 Å². The minimum Gasteiger partial charge on any atom is -0.461 e. The second-order valence-electron chi connectivity index (χ2n) is 8.55. The van der Waals surface area contributed by atoms with Crippen molar-refractivity contribution in [1.82, 2.24) is 4.90 Å². The highest BCUT2D eigenvalue weighted by Crippen LogP contribution is 2.53. The number of ether oxygens (including phenoxy) is 2. The molecular weight excluding hydrogens is 322 g/mol. The number of rotatable bonds is 4. The number of fused-ring (bicyclic) bond motifs is 2. The van der Waals surface area contributed by atoms with E-state index in [0.717, 1.165) is 38.7 Å². The van der Waals surface area contributed by atoms with Crippen molar-refractivity contribution >= 4 is 17.8 Å². The molecule has 0 unspecified atom stereocenters. The van der Waals surface area contributed by atoms with Crippen LogP contribution < -0.4 is 0 Å². The van der Waals surface area contributed by atoms with E-state index in [1.165, 1.54) is 4.90 Å². The van der Waals surface area contributed by atoms with E-state index in [4.69, 9.17) is 9.47 Å². The number of esters is 1. The van der Waals surface area contributed by atoms with Crippen LogP contribution in [0.25, 0.3) is 0 Å². The van der Waals surface area contributed by atoms with Gasteiger partial charge in [-0.1, -0.05) is 26.7 Å². The first-order valence-electron chi connectivity index (χ1n) is 9.57. The van der Waals surface area contributed by atoms with Gasteiger partial charge in [-0.05, 0) is 19.3 Å². The summed E-state index contributed by atoms with van der Waals surface area (Å²) in [5.74, 6) is -0.513. The van der Waals surface area contributed by atoms with Crippen molar-refractivity contribution < 1.29 is 23.9 Å². The van der Waals surface area contributed by atoms with Crippen LogP contribution in [0.1, 0.15) is 52.4 Å². The van der Waals surface area contributed by atoms with Gasteiger partial charge >= 0.3 is 5.97 Å². The molecule has 0 spiro atoms. The lowest BCUT2D eigenvalue weighted by Crippen LogP contribution is -2.61. The van der Waals surface area contributed by atoms with Gasteiger partial charge in [0, 0.05) is 24.5 Å². The van der Waals surface area contributed by atoms with E-state index in [2.05, 4.69) is 13.8 Å². The molecule has 2 aliphatic heterocycles. The molecule has 0 aromatic heterocycles. The molecule has 4 aliphatic rings. The molecule has 2 saturated heterocycles. The highest BCUT2D eigenvalue weighted by molar-refractivity contribution is 6.05. The van der Waals surface area contributed by atoms with Gasteiger partial charge in [-0.3, -0.25) is 19.3 Å². The number of nitrogens with zero attached hydrogens (tertiary/aromatic N) is 1. The molecule has 5 atom stereocenters. The molecule has 0 radical (unpaired) electrons. The zero-order chi connectivity index (χ0) is 17.8. The normalized spacial score (nSPS) is 39.0. The Morgan fingerprint density at radius 3 is 2.44 bits per heavy atom. The first kappa shape index (κ1) is 17.0. The Labute approximate surface area is 148 Å². The number of likely N-dealkylation sites (tertiary alicyclic amines) is 1. The highest BCUT2D eigenvalue weighted by Gasteiger charge is 2.61. The molecule has 4 rings (SSSR count). The summed E-state index contributed by atoms with van der Waals surface area (Å²) in [6.07, 6.45) is 4.69. The summed E-state index contributed by atoms with van der Waals surface area (Å²) >= 11 is 0. The quantitative estimate of drug-likeness (QED) is 0.573. The lowest BCUT2D eigenvalue weighted by molar-refractivity contribution is -0.210. The first-order chi connectivity index (χ1) is 11.9. The summed E-state index contributed by atoms with van der Waals surface area (Å²) in [7, 11) is 0. The SMILES string of the molecule is CC1(C)[C@@H]2OCC[C@@H]2[C@@H]1OC(=O)CCN1C(=O)[C@H]2CCCC[C@@H]2C1=O. The summed E-state index contributed by atoms with van der Waals surface area (Å²) in [6.45, 7) is 5.01. The standard InChI is InChI=1S/C19H27NO5/c1-19(2)15-13(8-10-24-15)16(19)25-14(21)7-9-20-17(22)11-5-3-4-6-12(11)18(20)23/h11-13,15-16H,3-10H2,1-2H3/t11-,12-,13-,15+,16-/m0/s1. The second-order valence-corrected chi connectivity index (χ2v) is 8.55. The predicted molar refractivity (Wildman–Crippen MR) is 88.3 cm³/mol. The average molecular weight is 349 g/mol. The van der Waals surface area contributed by atoms with Crippen molar-refractivity contribution in [2.24, 2.45) is 23.2 Å². The van der Waals surface area contributed by atoms with Crippen molar-refractivity contribution in [2.45, 2.75) is 64.6 Å². The lowest BCUT2D eigenvalue weighted by Gasteiger charge is -2.53. The van der Waals surface area contributed by atoms with E-state index in [-0.39, 0.29) is 66.1 Å². The smallest absolute Gasteiger partial charge is 0.307 e. The molecule has 6 nitrogen and oxygen atoms in total. The molecule has 2 saturated carbocycles. The Balaban J connectivity index is 1.32. The minimum absolute atomic E-state index is 0.0851. The van der Waals surface area contributed by atoms with Gasteiger partial charge in [0.25, 0.3) is 0 Å². The third-order valence-electron chi connectivity index (χ3n) is 6.72. The monoisotopic (exact) mass is 349 g/mol. The van der Waals surface area contributed by atoms with Gasteiger partial charge in [-0.25, -0.2) is 0 Å². The van der Waals surface area contributed by atoms with Crippen molar-refractivity contribution in [3.63, 3.8) is 0 Å². The maximum absolute atomic E-state index is 12.4. The van der Waals surface area contributed by atoms with Crippen molar-refractivity contribution in [3.05, 3.63) is 0 Å². The molecule has 0 aromatic carbocycles. The summed E-state index contributed by atoms with van der Waals surface area (Å²) in [6, 6.07) is 0. The van der Waals surface area contributed by atoms with Crippen LogP contribution in [-0.2, 0) is 23.9 Å². The van der Waals surface area contributed by atoms with Gasteiger partial charge in [-0.15, -0.1) is 0 Å². The molecule has 25 heavy (non-hydrogen) atoms. The number of hydrogen-bond donors (Lipinski definition) is 0. The molecule has 2 amide bonds. The van der Waals surface area contributed by atoms with Gasteiger partial charge in [-0.2, -0.15) is 0 Å². The Bertz CT molecular complexity index is 577. The number of carbonyl (C=O) groups is 3. The molecule has 0 aromatic rings. The van der Waals surface area contributed by atoms with E-state index < -0.39 is 0 Å². The Morgan fingerprint density at radius 1 is 1.16 bits per heavy atom. The van der Waals surface area contributed by atoms with Crippen LogP contribution in [0.15, 0.2) is 0 Å². The van der Waals surface area contributed by atoms with Gasteiger partial charge in [0.15, 0.2) is 0 Å². The van der Waals surface area contributed by atoms with Crippen molar-refractivity contribution in [1.29, 1.82) is 0 Å². The van der Waals surface area contributed by atoms with E-state index in [9.17, 15) is 14.4 Å². The van der Waals surface area contributed by atoms with Gasteiger partial charge in [0.05, 0.1) is 24.4 Å². The van der Waals surface area contributed by atoms with E-state index >= 15 is 0 Å². The third kappa shape index (κ3) is 2.60. The van der Waals surface area contributed by atoms with Crippen LogP contribution in [0.2, 0.25) is 0 Å². The summed E-state index contributed by atoms with van der Waals surface area (Å²) in [5.41, 5.74) is -0.162. The van der Waals surface area contributed by atoms with Crippen LogP contribution in [0.3, 0.4) is 0 Å². The first-order valence-corrected chi connectivity index (χ1v) is 9.57. The topological polar surface area (TPSA) is 72.9 Å². The molecule has 0 bridgehead atoms. The Morgan fingerprint density at radius 2 is 1.80 bits per heavy atom. The Kier molecular flexibility index (Phi) is 4.13. The maximum atomic E-state index is 12.4. The minimum atomic E-state index is -0.320. The highest BCUT2D eigenvalue weighted by atomic mass is 16.6. The van der Waals surface area contributed by atoms with Crippen LogP contribution in [0, 0.1) is 23.2 Å². The number of hydrogen-bond acceptors (Lipinski definition) is 5. The molecule has 4 fully saturated rings. The number of imide groups is 1. The fourth-order valence-electron chi connectivity index (χ4n) is 5.37. The van der Waals surface area contributed by atoms with Crippen molar-refractivity contribution in [2.75, 3.05) is 13.2 Å². The third-order valence-corrected chi connectivity index (χ3v) is 6.72. The fraction of sp³-hybridized carbons (Fsp3) is 0.842. The largest absolute Gasteiger partial charge is 0.461 e. The fourth-order valence-corrected chi connectivity index (χ4v) is 5.37. The molecule has 2 aliphatic carbocycles. The van der Waals surface area contributed by atoms with E-state index in [0.29, 0.717) is 0 Å². The van der Waals surface area contributed by atoms with E-state index in [1.807, 2.05) is 0 Å². The zero-order valence-corrected chi connectivity index (χ0v) is 15.0. The van der Waals surface area contributed by atoms with Crippen LogP contribution in [0.5, 0.6) is 0 Å². The molecule has 138 valence electrons. The van der Waals surface area contributed by atoms with Gasteiger partial charge < -0.3 is 9.47 Å². The van der Waals surface area contributed by atoms with Crippen molar-refractivity contribution in [3.8, 4) is 0 Å². The van der Waals surface area contributed by atoms with E-state index in [1.54, 1.807) is 0 Å². The lowest BCUT2D eigenvalue weighted by atomic mass is 9.59. The zero-order valence-electron chi connectivity index (χ0n) is 15.0. The molecule has 0 N–H and O–H groups in total. The summed E-state index contributed by atoms with van der Waals surface area (Å²) < 4.78 is 11.4. The number of carbonyl (C=O) groups excluding carboxylic acids is 3. The molecule has 2 heterocycles. The molecular formula is C19H27NO5. The van der Waals surface area contributed by atoms with Gasteiger partial charge in [0.1, 0.15) is 6.10 Å². The summed E-state index contributed by atoms with van der Waals surface area (Å²) in [5, 5.41) is 0. The number of amides is 2. The van der Waals surface area contributed by atoms with Gasteiger partial charge in [0.2, 0.25) is 11.8 Å².